The molecule has 0 fully saturated rings. The third-order valence-electron chi connectivity index (χ3n) is 1.98. The highest BCUT2D eigenvalue weighted by atomic mass is 16.5. The lowest BCUT2D eigenvalue weighted by Crippen LogP contribution is -2.38. The van der Waals surface area contributed by atoms with E-state index in [0.29, 0.717) is 6.54 Å². The van der Waals surface area contributed by atoms with Gasteiger partial charge in [-0.05, 0) is 25.9 Å². The van der Waals surface area contributed by atoms with Gasteiger partial charge in [-0.2, -0.15) is 0 Å². The van der Waals surface area contributed by atoms with Crippen LogP contribution in [0.15, 0.2) is 0 Å². The topological polar surface area (TPSA) is 49.8 Å². The number of aliphatic hydroxyl groups is 1. The molecule has 0 aromatic heterocycles. The van der Waals surface area contributed by atoms with Crippen molar-refractivity contribution in [2.75, 3.05) is 26.7 Å². The molecule has 84 valence electrons. The van der Waals surface area contributed by atoms with Crippen LogP contribution in [0.3, 0.4) is 0 Å². The van der Waals surface area contributed by atoms with E-state index < -0.39 is 12.1 Å². The molecule has 0 amide bonds. The molecule has 0 spiro atoms. The highest BCUT2D eigenvalue weighted by Crippen LogP contribution is 1.98. The lowest BCUT2D eigenvalue weighted by molar-refractivity contribution is -0.151. The van der Waals surface area contributed by atoms with Crippen LogP contribution in [0.25, 0.3) is 0 Å². The predicted octanol–water partition coefficient (Wildman–Crippen LogP) is 0.642. The highest BCUT2D eigenvalue weighted by molar-refractivity contribution is 5.74. The summed E-state index contributed by atoms with van der Waals surface area (Å²) in [5.41, 5.74) is 0. The first-order valence-electron chi connectivity index (χ1n) is 5.13. The Labute approximate surface area is 85.9 Å². The van der Waals surface area contributed by atoms with Crippen LogP contribution in [0.4, 0.5) is 0 Å². The van der Waals surface area contributed by atoms with E-state index in [1.807, 2.05) is 0 Å². The highest BCUT2D eigenvalue weighted by Gasteiger charge is 2.18. The Morgan fingerprint density at radius 3 is 2.21 bits per heavy atom. The second-order valence-electron chi connectivity index (χ2n) is 3.34. The van der Waals surface area contributed by atoms with Gasteiger partial charge >= 0.3 is 5.97 Å². The summed E-state index contributed by atoms with van der Waals surface area (Å²) in [5, 5.41) is 9.43. The first-order chi connectivity index (χ1) is 6.65. The maximum Gasteiger partial charge on any atom is 0.336 e. The van der Waals surface area contributed by atoms with Gasteiger partial charge < -0.3 is 14.7 Å². The minimum atomic E-state index is -1.02. The molecule has 4 heteroatoms. The van der Waals surface area contributed by atoms with Crippen molar-refractivity contribution in [3.05, 3.63) is 0 Å². The Morgan fingerprint density at radius 2 is 1.86 bits per heavy atom. The molecule has 0 radical (unpaired) electrons. The van der Waals surface area contributed by atoms with Gasteiger partial charge in [0.2, 0.25) is 0 Å². The number of hydrogen-bond donors (Lipinski definition) is 1. The number of methoxy groups -OCH3 is 1. The lowest BCUT2D eigenvalue weighted by atomic mass is 10.3. The number of nitrogens with zero attached hydrogens (tertiary/aromatic N) is 1. The van der Waals surface area contributed by atoms with Gasteiger partial charge in [0, 0.05) is 6.54 Å². The van der Waals surface area contributed by atoms with Gasteiger partial charge in [0.15, 0.2) is 6.10 Å². The zero-order valence-corrected chi connectivity index (χ0v) is 9.32. The van der Waals surface area contributed by atoms with E-state index in [0.717, 1.165) is 25.9 Å². The molecule has 1 atom stereocenters. The number of esters is 1. The fourth-order valence-electron chi connectivity index (χ4n) is 1.38. The quantitative estimate of drug-likeness (QED) is 0.617. The molecule has 0 aliphatic carbocycles. The van der Waals surface area contributed by atoms with Gasteiger partial charge in [-0.15, -0.1) is 0 Å². The summed E-state index contributed by atoms with van der Waals surface area (Å²) in [7, 11) is 1.29. The second kappa shape index (κ2) is 7.76. The summed E-state index contributed by atoms with van der Waals surface area (Å²) in [6, 6.07) is 0. The van der Waals surface area contributed by atoms with Crippen molar-refractivity contribution in [2.45, 2.75) is 32.8 Å². The molecule has 0 aliphatic rings. The summed E-state index contributed by atoms with van der Waals surface area (Å²) in [6.07, 6.45) is 1.03. The molecular weight excluding hydrogens is 182 g/mol. The van der Waals surface area contributed by atoms with Crippen molar-refractivity contribution < 1.29 is 14.6 Å². The van der Waals surface area contributed by atoms with Gasteiger partial charge in [-0.1, -0.05) is 13.8 Å². The van der Waals surface area contributed by atoms with Gasteiger partial charge in [0.1, 0.15) is 0 Å². The minimum Gasteiger partial charge on any atom is -0.467 e. The third kappa shape index (κ3) is 5.19. The summed E-state index contributed by atoms with van der Waals surface area (Å²) < 4.78 is 4.45. The van der Waals surface area contributed by atoms with Gasteiger partial charge in [-0.25, -0.2) is 4.79 Å². The molecule has 1 N–H and O–H groups in total. The zero-order chi connectivity index (χ0) is 11.0. The number of rotatable bonds is 7. The van der Waals surface area contributed by atoms with E-state index in [2.05, 4.69) is 23.5 Å². The fourth-order valence-corrected chi connectivity index (χ4v) is 1.38. The number of carbonyl (C=O) groups is 1. The second-order valence-corrected chi connectivity index (χ2v) is 3.34. The van der Waals surface area contributed by atoms with Crippen LogP contribution in [0.2, 0.25) is 0 Å². The van der Waals surface area contributed by atoms with Crippen molar-refractivity contribution >= 4 is 5.97 Å². The molecule has 0 bridgehead atoms. The van der Waals surface area contributed by atoms with Crippen LogP contribution in [-0.2, 0) is 9.53 Å². The minimum absolute atomic E-state index is 0.369. The Morgan fingerprint density at radius 1 is 1.36 bits per heavy atom. The van der Waals surface area contributed by atoms with Crippen molar-refractivity contribution in [3.8, 4) is 0 Å². The van der Waals surface area contributed by atoms with Gasteiger partial charge in [0.25, 0.3) is 0 Å². The average Bonchev–Trinajstić information content (AvgIpc) is 2.17. The number of aliphatic hydroxyl groups excluding tert-OH is 1. The molecule has 0 saturated heterocycles. The molecule has 14 heavy (non-hydrogen) atoms. The molecule has 0 aromatic carbocycles. The van der Waals surface area contributed by atoms with E-state index in [9.17, 15) is 9.90 Å². The molecule has 4 nitrogen and oxygen atoms in total. The van der Waals surface area contributed by atoms with Crippen molar-refractivity contribution in [2.24, 2.45) is 0 Å². The number of ether oxygens (including phenoxy) is 1. The van der Waals surface area contributed by atoms with Crippen molar-refractivity contribution in [3.63, 3.8) is 0 Å². The third-order valence-corrected chi connectivity index (χ3v) is 1.98. The largest absolute Gasteiger partial charge is 0.467 e. The molecule has 1 unspecified atom stereocenters. The van der Waals surface area contributed by atoms with Crippen LogP contribution in [-0.4, -0.2) is 48.8 Å². The molecular formula is C10H21NO3. The normalized spacial score (nSPS) is 12.9. The Hall–Kier alpha value is -0.610. The number of hydrogen-bond acceptors (Lipinski definition) is 4. The number of carbonyl (C=O) groups excluding carboxylic acids is 1. The molecule has 0 aliphatic heterocycles. The van der Waals surface area contributed by atoms with E-state index in [4.69, 9.17) is 0 Å². The van der Waals surface area contributed by atoms with E-state index in [1.165, 1.54) is 7.11 Å². The lowest BCUT2D eigenvalue weighted by Gasteiger charge is -2.22. The molecule has 0 saturated carbocycles. The Balaban J connectivity index is 3.94. The fraction of sp³-hybridized carbons (Fsp3) is 0.900. The van der Waals surface area contributed by atoms with E-state index in [-0.39, 0.29) is 0 Å². The van der Waals surface area contributed by atoms with E-state index in [1.54, 1.807) is 0 Å². The maximum atomic E-state index is 11.0. The first kappa shape index (κ1) is 13.4. The van der Waals surface area contributed by atoms with Crippen LogP contribution < -0.4 is 0 Å². The standard InChI is InChI=1S/C10H21NO3/c1-4-6-11(7-5-2)8-9(12)10(13)14-3/h9,12H,4-8H2,1-3H3. The summed E-state index contributed by atoms with van der Waals surface area (Å²) >= 11 is 0. The van der Waals surface area contributed by atoms with Crippen LogP contribution in [0.5, 0.6) is 0 Å². The Bertz CT molecular complexity index is 155. The summed E-state index contributed by atoms with van der Waals surface area (Å²) in [6.45, 7) is 6.33. The first-order valence-corrected chi connectivity index (χ1v) is 5.13. The maximum absolute atomic E-state index is 11.0. The van der Waals surface area contributed by atoms with Crippen LogP contribution in [0, 0.1) is 0 Å². The van der Waals surface area contributed by atoms with E-state index >= 15 is 0 Å². The summed E-state index contributed by atoms with van der Waals surface area (Å²) in [4.78, 5) is 13.0. The zero-order valence-electron chi connectivity index (χ0n) is 9.32. The van der Waals surface area contributed by atoms with Gasteiger partial charge in [0.05, 0.1) is 7.11 Å². The predicted molar refractivity (Wildman–Crippen MR) is 55.0 cm³/mol. The average molecular weight is 203 g/mol. The molecule has 0 rings (SSSR count). The SMILES string of the molecule is CCCN(CCC)CC(O)C(=O)OC. The van der Waals surface area contributed by atoms with Crippen LogP contribution in [0.1, 0.15) is 26.7 Å². The monoisotopic (exact) mass is 203 g/mol. The smallest absolute Gasteiger partial charge is 0.336 e. The van der Waals surface area contributed by atoms with Crippen molar-refractivity contribution in [1.82, 2.24) is 4.90 Å². The Kier molecular flexibility index (Phi) is 7.42. The summed E-state index contributed by atoms with van der Waals surface area (Å²) in [5.74, 6) is -0.554. The van der Waals surface area contributed by atoms with Crippen LogP contribution >= 0.6 is 0 Å². The van der Waals surface area contributed by atoms with Gasteiger partial charge in [-0.3, -0.25) is 0 Å². The molecule has 0 aromatic rings. The van der Waals surface area contributed by atoms with Crippen molar-refractivity contribution in [1.29, 1.82) is 0 Å². The molecule has 0 heterocycles.